The molecule has 29 heavy (non-hydrogen) atoms. The van der Waals surface area contributed by atoms with Gasteiger partial charge in [0.05, 0.1) is 28.8 Å². The molecule has 5 rings (SSSR count). The minimum absolute atomic E-state index is 0.0708. The van der Waals surface area contributed by atoms with Crippen molar-refractivity contribution in [2.45, 2.75) is 30.6 Å². The van der Waals surface area contributed by atoms with Crippen LogP contribution >= 0.6 is 0 Å². The van der Waals surface area contributed by atoms with Crippen LogP contribution in [0.4, 0.5) is 13.2 Å². The number of aromatic nitrogens is 5. The minimum atomic E-state index is -2.82. The Bertz CT molecular complexity index is 1180. The molecular formula is C21H16F3N5. The predicted octanol–water partition coefficient (Wildman–Crippen LogP) is 4.46. The zero-order chi connectivity index (χ0) is 20.1. The molecule has 4 aromatic rings. The van der Waals surface area contributed by atoms with Crippen LogP contribution in [-0.4, -0.2) is 31.3 Å². The smallest absolute Gasteiger partial charge is 0.250 e. The molecule has 0 radical (unpaired) electrons. The molecule has 0 unspecified atom stereocenters. The summed E-state index contributed by atoms with van der Waals surface area (Å²) >= 11 is 0. The highest BCUT2D eigenvalue weighted by atomic mass is 19.3. The number of nitrogens with one attached hydrogen (secondary N) is 1. The summed E-state index contributed by atoms with van der Waals surface area (Å²) < 4.78 is 41.8. The summed E-state index contributed by atoms with van der Waals surface area (Å²) in [6, 6.07) is 12.0. The van der Waals surface area contributed by atoms with Gasteiger partial charge >= 0.3 is 0 Å². The van der Waals surface area contributed by atoms with Crippen molar-refractivity contribution in [3.63, 3.8) is 0 Å². The van der Waals surface area contributed by atoms with Crippen LogP contribution in [0.1, 0.15) is 24.2 Å². The van der Waals surface area contributed by atoms with Gasteiger partial charge in [-0.15, -0.1) is 0 Å². The monoisotopic (exact) mass is 395 g/mol. The predicted molar refractivity (Wildman–Crippen MR) is 101 cm³/mol. The number of H-pyrrole nitrogens is 1. The number of benzene rings is 1. The first-order valence-electron chi connectivity index (χ1n) is 9.19. The Morgan fingerprint density at radius 3 is 2.62 bits per heavy atom. The summed E-state index contributed by atoms with van der Waals surface area (Å²) in [4.78, 5) is 4.06. The van der Waals surface area contributed by atoms with Crippen molar-refractivity contribution in [2.24, 2.45) is 0 Å². The van der Waals surface area contributed by atoms with Crippen molar-refractivity contribution in [3.8, 4) is 11.3 Å². The van der Waals surface area contributed by atoms with Crippen LogP contribution in [0.2, 0.25) is 0 Å². The molecule has 0 saturated heterocycles. The minimum Gasteiger partial charge on any atom is -0.278 e. The molecule has 1 N–H and O–H groups in total. The average Bonchev–Trinajstić information content (AvgIpc) is 3.15. The summed E-state index contributed by atoms with van der Waals surface area (Å²) in [5, 5.41) is 16.4. The Labute approximate surface area is 164 Å². The van der Waals surface area contributed by atoms with E-state index in [2.05, 4.69) is 25.4 Å². The SMILES string of the molecule is Fc1cccnc1C1(Cc2ccc(-c3ccc4cn[nH]c4c3)nn2)CC(F)(F)C1. The molecule has 0 aliphatic heterocycles. The van der Waals surface area contributed by atoms with E-state index in [-0.39, 0.29) is 12.1 Å². The topological polar surface area (TPSA) is 67.3 Å². The number of nitrogens with zero attached hydrogens (tertiary/aromatic N) is 4. The van der Waals surface area contributed by atoms with Gasteiger partial charge in [0.15, 0.2) is 0 Å². The molecule has 1 aliphatic rings. The summed E-state index contributed by atoms with van der Waals surface area (Å²) in [7, 11) is 0. The van der Waals surface area contributed by atoms with E-state index in [0.29, 0.717) is 11.4 Å². The number of hydrogen-bond donors (Lipinski definition) is 1. The number of hydrogen-bond acceptors (Lipinski definition) is 4. The second-order valence-corrected chi connectivity index (χ2v) is 7.58. The molecule has 3 aromatic heterocycles. The van der Waals surface area contributed by atoms with Crippen molar-refractivity contribution in [1.82, 2.24) is 25.4 Å². The first-order valence-corrected chi connectivity index (χ1v) is 9.19. The van der Waals surface area contributed by atoms with E-state index < -0.39 is 30.0 Å². The molecule has 0 spiro atoms. The maximum atomic E-state index is 14.3. The van der Waals surface area contributed by atoms with E-state index in [0.717, 1.165) is 16.5 Å². The molecule has 5 nitrogen and oxygen atoms in total. The highest BCUT2D eigenvalue weighted by molar-refractivity contribution is 5.82. The van der Waals surface area contributed by atoms with E-state index in [4.69, 9.17) is 0 Å². The lowest BCUT2D eigenvalue weighted by atomic mass is 9.61. The molecule has 0 amide bonds. The van der Waals surface area contributed by atoms with E-state index >= 15 is 0 Å². The third-order valence-electron chi connectivity index (χ3n) is 5.43. The second-order valence-electron chi connectivity index (χ2n) is 7.58. The number of halogens is 3. The van der Waals surface area contributed by atoms with Crippen LogP contribution in [-0.2, 0) is 11.8 Å². The molecule has 0 atom stereocenters. The molecule has 1 saturated carbocycles. The Balaban J connectivity index is 1.44. The number of alkyl halides is 2. The van der Waals surface area contributed by atoms with Crippen molar-refractivity contribution in [2.75, 3.05) is 0 Å². The maximum absolute atomic E-state index is 14.3. The van der Waals surface area contributed by atoms with Crippen LogP contribution in [0.5, 0.6) is 0 Å². The lowest BCUT2D eigenvalue weighted by molar-refractivity contribution is -0.129. The Morgan fingerprint density at radius 1 is 1.03 bits per heavy atom. The average molecular weight is 395 g/mol. The largest absolute Gasteiger partial charge is 0.278 e. The van der Waals surface area contributed by atoms with E-state index in [1.807, 2.05) is 18.2 Å². The van der Waals surface area contributed by atoms with Gasteiger partial charge < -0.3 is 0 Å². The zero-order valence-electron chi connectivity index (χ0n) is 15.2. The number of rotatable bonds is 4. The highest BCUT2D eigenvalue weighted by Gasteiger charge is 2.59. The number of pyridine rings is 1. The lowest BCUT2D eigenvalue weighted by Gasteiger charge is -2.46. The molecule has 146 valence electrons. The van der Waals surface area contributed by atoms with Crippen LogP contribution in [0.3, 0.4) is 0 Å². The van der Waals surface area contributed by atoms with Gasteiger partial charge in [0.1, 0.15) is 5.82 Å². The first-order chi connectivity index (χ1) is 13.9. The van der Waals surface area contributed by atoms with Gasteiger partial charge in [-0.25, -0.2) is 13.2 Å². The second kappa shape index (κ2) is 6.37. The van der Waals surface area contributed by atoms with Gasteiger partial charge in [-0.1, -0.05) is 12.1 Å². The van der Waals surface area contributed by atoms with Gasteiger partial charge in [0, 0.05) is 41.8 Å². The Kier molecular flexibility index (Phi) is 3.90. The zero-order valence-corrected chi connectivity index (χ0v) is 15.2. The first kappa shape index (κ1) is 17.8. The van der Waals surface area contributed by atoms with Crippen LogP contribution < -0.4 is 0 Å². The summed E-state index contributed by atoms with van der Waals surface area (Å²) in [5.41, 5.74) is 1.93. The summed E-state index contributed by atoms with van der Waals surface area (Å²) in [5.74, 6) is -3.39. The fourth-order valence-electron chi connectivity index (χ4n) is 4.14. The molecule has 0 bridgehead atoms. The van der Waals surface area contributed by atoms with E-state index in [1.165, 1.54) is 18.3 Å². The number of fused-ring (bicyclic) bond motifs is 1. The molecule has 1 fully saturated rings. The van der Waals surface area contributed by atoms with Crippen LogP contribution in [0.25, 0.3) is 22.2 Å². The van der Waals surface area contributed by atoms with Gasteiger partial charge in [-0.05, 0) is 30.3 Å². The number of aromatic amines is 1. The molecule has 3 heterocycles. The lowest BCUT2D eigenvalue weighted by Crippen LogP contribution is -2.51. The van der Waals surface area contributed by atoms with E-state index in [9.17, 15) is 13.2 Å². The highest BCUT2D eigenvalue weighted by Crippen LogP contribution is 2.54. The quantitative estimate of drug-likeness (QED) is 0.554. The standard InChI is InChI=1S/C21H16F3N5/c22-16-2-1-7-25-19(16)20(11-21(23,24)12-20)9-15-5-6-17(29-27-15)13-3-4-14-10-26-28-18(14)8-13/h1-8,10H,9,11-12H2,(H,26,28). The maximum Gasteiger partial charge on any atom is 0.250 e. The third kappa shape index (κ3) is 3.14. The van der Waals surface area contributed by atoms with Crippen molar-refractivity contribution >= 4 is 10.9 Å². The van der Waals surface area contributed by atoms with Crippen molar-refractivity contribution < 1.29 is 13.2 Å². The Hall–Kier alpha value is -3.29. The van der Waals surface area contributed by atoms with Gasteiger partial charge in [0.2, 0.25) is 5.92 Å². The summed E-state index contributed by atoms with van der Waals surface area (Å²) in [6.45, 7) is 0. The van der Waals surface area contributed by atoms with Crippen LogP contribution in [0.15, 0.2) is 54.9 Å². The molecule has 1 aromatic carbocycles. The molecular weight excluding hydrogens is 379 g/mol. The van der Waals surface area contributed by atoms with Gasteiger partial charge in [0.25, 0.3) is 0 Å². The molecule has 1 aliphatic carbocycles. The molecule has 8 heteroatoms. The fraction of sp³-hybridized carbons (Fsp3) is 0.238. The third-order valence-corrected chi connectivity index (χ3v) is 5.43. The van der Waals surface area contributed by atoms with Crippen molar-refractivity contribution in [3.05, 3.63) is 72.1 Å². The summed E-state index contributed by atoms with van der Waals surface area (Å²) in [6.07, 6.45) is 2.42. The van der Waals surface area contributed by atoms with Gasteiger partial charge in [-0.3, -0.25) is 10.1 Å². The van der Waals surface area contributed by atoms with E-state index in [1.54, 1.807) is 18.3 Å². The van der Waals surface area contributed by atoms with Crippen molar-refractivity contribution in [1.29, 1.82) is 0 Å². The van der Waals surface area contributed by atoms with Gasteiger partial charge in [-0.2, -0.15) is 15.3 Å². The fourth-order valence-corrected chi connectivity index (χ4v) is 4.14. The Morgan fingerprint density at radius 2 is 1.90 bits per heavy atom. The van der Waals surface area contributed by atoms with Crippen LogP contribution in [0, 0.1) is 5.82 Å². The normalized spacial score (nSPS) is 17.2.